The van der Waals surface area contributed by atoms with E-state index in [1.807, 2.05) is 0 Å². The summed E-state index contributed by atoms with van der Waals surface area (Å²) in [5, 5.41) is 4.22. The van der Waals surface area contributed by atoms with Crippen LogP contribution in [0.4, 0.5) is 10.2 Å². The number of nitrogens with zero attached hydrogens (tertiary/aromatic N) is 2. The van der Waals surface area contributed by atoms with Crippen molar-refractivity contribution in [1.82, 2.24) is 9.78 Å². The first-order valence-corrected chi connectivity index (χ1v) is 9.75. The van der Waals surface area contributed by atoms with E-state index in [1.165, 1.54) is 29.1 Å². The van der Waals surface area contributed by atoms with Gasteiger partial charge in [0.2, 0.25) is 0 Å². The molecular formula is C16H12BrClFN3O2S. The summed E-state index contributed by atoms with van der Waals surface area (Å²) in [7, 11) is -3.83. The second-order valence-corrected chi connectivity index (χ2v) is 8.18. The van der Waals surface area contributed by atoms with Gasteiger partial charge in [0.25, 0.3) is 10.0 Å². The monoisotopic (exact) mass is 443 g/mol. The molecule has 1 aromatic heterocycles. The standard InChI is InChI=1S/C16H12BrClFN3O2S/c17-12-5-7-13(8-6-12)25(23,24)21-16-14(18)10-22(20-16)9-11-3-1-2-4-15(11)19/h1-8,10H,9H2,(H,20,21). The molecule has 0 atom stereocenters. The molecular weight excluding hydrogens is 433 g/mol. The fraction of sp³-hybridized carbons (Fsp3) is 0.0625. The van der Waals surface area contributed by atoms with Gasteiger partial charge < -0.3 is 0 Å². The van der Waals surface area contributed by atoms with E-state index in [9.17, 15) is 12.8 Å². The summed E-state index contributed by atoms with van der Waals surface area (Å²) in [6, 6.07) is 12.4. The minimum Gasteiger partial charge on any atom is -0.265 e. The van der Waals surface area contributed by atoms with Gasteiger partial charge in [-0.2, -0.15) is 5.10 Å². The van der Waals surface area contributed by atoms with Crippen LogP contribution in [-0.4, -0.2) is 18.2 Å². The Bertz CT molecular complexity index is 1010. The van der Waals surface area contributed by atoms with Crippen LogP contribution in [-0.2, 0) is 16.6 Å². The van der Waals surface area contributed by atoms with Crippen LogP contribution in [0.2, 0.25) is 5.02 Å². The van der Waals surface area contributed by atoms with Crippen LogP contribution in [0, 0.1) is 5.82 Å². The van der Waals surface area contributed by atoms with Gasteiger partial charge >= 0.3 is 0 Å². The zero-order valence-corrected chi connectivity index (χ0v) is 15.8. The van der Waals surface area contributed by atoms with E-state index in [1.54, 1.807) is 30.3 Å². The molecule has 0 bridgehead atoms. The second-order valence-electron chi connectivity index (χ2n) is 5.17. The summed E-state index contributed by atoms with van der Waals surface area (Å²) >= 11 is 9.31. The van der Waals surface area contributed by atoms with Crippen molar-refractivity contribution < 1.29 is 12.8 Å². The van der Waals surface area contributed by atoms with Gasteiger partial charge in [0.05, 0.1) is 11.4 Å². The molecule has 1 N–H and O–H groups in total. The smallest absolute Gasteiger partial charge is 0.263 e. The summed E-state index contributed by atoms with van der Waals surface area (Å²) in [6.45, 7) is 0.131. The van der Waals surface area contributed by atoms with Crippen LogP contribution < -0.4 is 4.72 Å². The Morgan fingerprint density at radius 1 is 1.16 bits per heavy atom. The summed E-state index contributed by atoms with van der Waals surface area (Å²) in [4.78, 5) is 0.0791. The second kappa shape index (κ2) is 7.15. The van der Waals surface area contributed by atoms with E-state index in [4.69, 9.17) is 11.6 Å². The molecule has 3 rings (SSSR count). The van der Waals surface area contributed by atoms with Crippen LogP contribution in [0.25, 0.3) is 0 Å². The fourth-order valence-corrected chi connectivity index (χ4v) is 3.68. The molecule has 5 nitrogen and oxygen atoms in total. The molecule has 0 saturated carbocycles. The Labute approximate surface area is 157 Å². The van der Waals surface area contributed by atoms with Gasteiger partial charge in [-0.3, -0.25) is 9.40 Å². The lowest BCUT2D eigenvalue weighted by Crippen LogP contribution is -2.14. The van der Waals surface area contributed by atoms with Gasteiger partial charge in [0.1, 0.15) is 10.8 Å². The van der Waals surface area contributed by atoms with Crippen molar-refractivity contribution in [1.29, 1.82) is 0 Å². The van der Waals surface area contributed by atoms with Gasteiger partial charge in [0, 0.05) is 16.2 Å². The molecule has 0 spiro atoms. The molecule has 2 aromatic carbocycles. The number of benzene rings is 2. The quantitative estimate of drug-likeness (QED) is 0.638. The predicted octanol–water partition coefficient (Wildman–Crippen LogP) is 4.29. The Morgan fingerprint density at radius 3 is 2.52 bits per heavy atom. The maximum absolute atomic E-state index is 13.7. The highest BCUT2D eigenvalue weighted by molar-refractivity contribution is 9.10. The van der Waals surface area contributed by atoms with Crippen molar-refractivity contribution in [2.24, 2.45) is 0 Å². The van der Waals surface area contributed by atoms with Crippen LogP contribution >= 0.6 is 27.5 Å². The highest BCUT2D eigenvalue weighted by atomic mass is 79.9. The Morgan fingerprint density at radius 2 is 1.84 bits per heavy atom. The van der Waals surface area contributed by atoms with Crippen molar-refractivity contribution >= 4 is 43.4 Å². The number of sulfonamides is 1. The van der Waals surface area contributed by atoms with Gasteiger partial charge in [-0.1, -0.05) is 45.7 Å². The van der Waals surface area contributed by atoms with Gasteiger partial charge in [-0.15, -0.1) is 0 Å². The third-order valence-electron chi connectivity index (χ3n) is 3.36. The van der Waals surface area contributed by atoms with Crippen molar-refractivity contribution in [3.8, 4) is 0 Å². The number of rotatable bonds is 5. The summed E-state index contributed by atoms with van der Waals surface area (Å²) in [5.74, 6) is -0.382. The van der Waals surface area contributed by atoms with Crippen LogP contribution in [0.1, 0.15) is 5.56 Å². The minimum atomic E-state index is -3.83. The van der Waals surface area contributed by atoms with Crippen molar-refractivity contribution in [3.05, 3.63) is 75.6 Å². The highest BCUT2D eigenvalue weighted by Crippen LogP contribution is 2.24. The first kappa shape index (κ1) is 17.9. The number of aromatic nitrogens is 2. The maximum Gasteiger partial charge on any atom is 0.263 e. The molecule has 9 heteroatoms. The normalized spacial score (nSPS) is 11.5. The molecule has 0 amide bonds. The molecule has 0 radical (unpaired) electrons. The lowest BCUT2D eigenvalue weighted by atomic mass is 10.2. The minimum absolute atomic E-state index is 0.0130. The van der Waals surface area contributed by atoms with E-state index in [-0.39, 0.29) is 28.1 Å². The third-order valence-corrected chi connectivity index (χ3v) is 5.52. The third kappa shape index (κ3) is 4.20. The zero-order chi connectivity index (χ0) is 18.0. The van der Waals surface area contributed by atoms with Crippen LogP contribution in [0.5, 0.6) is 0 Å². The molecule has 0 unspecified atom stereocenters. The van der Waals surface area contributed by atoms with Crippen molar-refractivity contribution in [2.75, 3.05) is 4.72 Å². The van der Waals surface area contributed by atoms with E-state index in [2.05, 4.69) is 25.8 Å². The zero-order valence-electron chi connectivity index (χ0n) is 12.7. The highest BCUT2D eigenvalue weighted by Gasteiger charge is 2.18. The van der Waals surface area contributed by atoms with E-state index >= 15 is 0 Å². The van der Waals surface area contributed by atoms with E-state index in [0.717, 1.165) is 4.47 Å². The summed E-state index contributed by atoms with van der Waals surface area (Å²) < 4.78 is 43.0. The van der Waals surface area contributed by atoms with Gasteiger partial charge in [0.15, 0.2) is 5.82 Å². The predicted molar refractivity (Wildman–Crippen MR) is 97.7 cm³/mol. The van der Waals surface area contributed by atoms with Crippen LogP contribution in [0.3, 0.4) is 0 Å². The van der Waals surface area contributed by atoms with Crippen LogP contribution in [0.15, 0.2) is 64.1 Å². The summed E-state index contributed by atoms with van der Waals surface area (Å²) in [6.07, 6.45) is 1.44. The molecule has 1 heterocycles. The fourth-order valence-electron chi connectivity index (χ4n) is 2.15. The first-order chi connectivity index (χ1) is 11.8. The molecule has 25 heavy (non-hydrogen) atoms. The molecule has 0 aliphatic rings. The largest absolute Gasteiger partial charge is 0.265 e. The Balaban J connectivity index is 1.83. The maximum atomic E-state index is 13.7. The number of hydrogen-bond donors (Lipinski definition) is 1. The number of hydrogen-bond acceptors (Lipinski definition) is 3. The molecule has 130 valence electrons. The number of halogens is 3. The van der Waals surface area contributed by atoms with E-state index < -0.39 is 10.0 Å². The lowest BCUT2D eigenvalue weighted by molar-refractivity contribution is 0.585. The van der Waals surface area contributed by atoms with E-state index in [0.29, 0.717) is 5.56 Å². The average Bonchev–Trinajstić information content (AvgIpc) is 2.89. The Hall–Kier alpha value is -1.90. The molecule has 0 fully saturated rings. The average molecular weight is 445 g/mol. The number of nitrogens with one attached hydrogen (secondary N) is 1. The lowest BCUT2D eigenvalue weighted by Gasteiger charge is -2.06. The molecule has 0 saturated heterocycles. The van der Waals surface area contributed by atoms with Crippen molar-refractivity contribution in [2.45, 2.75) is 11.4 Å². The van der Waals surface area contributed by atoms with Gasteiger partial charge in [-0.25, -0.2) is 12.8 Å². The van der Waals surface area contributed by atoms with Gasteiger partial charge in [-0.05, 0) is 30.3 Å². The number of anilines is 1. The topological polar surface area (TPSA) is 64.0 Å². The van der Waals surface area contributed by atoms with Crippen molar-refractivity contribution in [3.63, 3.8) is 0 Å². The molecule has 0 aliphatic heterocycles. The summed E-state index contributed by atoms with van der Waals surface area (Å²) in [5.41, 5.74) is 0.420. The Kier molecular flexibility index (Phi) is 5.12. The first-order valence-electron chi connectivity index (χ1n) is 7.10. The SMILES string of the molecule is O=S(=O)(Nc1nn(Cc2ccccc2F)cc1Cl)c1ccc(Br)cc1. The molecule has 0 aliphatic carbocycles. The molecule has 3 aromatic rings.